The summed E-state index contributed by atoms with van der Waals surface area (Å²) >= 11 is 1.20. The summed E-state index contributed by atoms with van der Waals surface area (Å²) in [6.45, 7) is -0.321. The number of nitrogens with one attached hydrogen (secondary N) is 1. The molecule has 0 saturated heterocycles. The predicted octanol–water partition coefficient (Wildman–Crippen LogP) is 2.29. The Morgan fingerprint density at radius 1 is 1.10 bits per heavy atom. The zero-order valence-corrected chi connectivity index (χ0v) is 17.2. The standard InChI is InChI=1S/C21H17N3O6S/c1-29-20(27)13-4-6-14(7-5-13)22-17(25)12-23-16-8-10-31-18(16)19(26)24(21(23)28)11-15-3-2-9-30-15/h2-10H,11-12H2,1H3,(H,22,25). The van der Waals surface area contributed by atoms with E-state index in [2.05, 4.69) is 10.1 Å². The Balaban J connectivity index is 1.62. The highest BCUT2D eigenvalue weighted by Gasteiger charge is 2.17. The molecule has 4 aromatic rings. The largest absolute Gasteiger partial charge is 0.467 e. The predicted molar refractivity (Wildman–Crippen MR) is 115 cm³/mol. The van der Waals surface area contributed by atoms with Crippen LogP contribution in [-0.4, -0.2) is 28.1 Å². The molecule has 0 radical (unpaired) electrons. The summed E-state index contributed by atoms with van der Waals surface area (Å²) in [5, 5.41) is 4.38. The Hall–Kier alpha value is -3.92. The summed E-state index contributed by atoms with van der Waals surface area (Å²) in [5.74, 6) is -0.483. The van der Waals surface area contributed by atoms with E-state index in [0.717, 1.165) is 4.57 Å². The normalized spacial score (nSPS) is 10.9. The molecule has 0 fully saturated rings. The molecule has 0 aliphatic carbocycles. The van der Waals surface area contributed by atoms with E-state index in [1.807, 2.05) is 0 Å². The second-order valence-electron chi connectivity index (χ2n) is 6.59. The van der Waals surface area contributed by atoms with E-state index < -0.39 is 23.1 Å². The number of ether oxygens (including phenoxy) is 1. The molecule has 3 aromatic heterocycles. The Bertz CT molecular complexity index is 1360. The van der Waals surface area contributed by atoms with Crippen molar-refractivity contribution < 1.29 is 18.7 Å². The third kappa shape index (κ3) is 4.05. The molecule has 1 aromatic carbocycles. The maximum atomic E-state index is 13.0. The quantitative estimate of drug-likeness (QED) is 0.461. The molecule has 0 bridgehead atoms. The van der Waals surface area contributed by atoms with Gasteiger partial charge in [-0.15, -0.1) is 11.3 Å². The van der Waals surface area contributed by atoms with Crippen LogP contribution in [0.15, 0.2) is 68.1 Å². The van der Waals surface area contributed by atoms with Crippen molar-refractivity contribution in [2.45, 2.75) is 13.1 Å². The maximum absolute atomic E-state index is 13.0. The minimum atomic E-state index is -0.608. The molecule has 158 valence electrons. The van der Waals surface area contributed by atoms with Gasteiger partial charge in [-0.3, -0.25) is 18.7 Å². The van der Waals surface area contributed by atoms with E-state index in [4.69, 9.17) is 4.42 Å². The zero-order valence-electron chi connectivity index (χ0n) is 16.4. The van der Waals surface area contributed by atoms with Crippen LogP contribution in [-0.2, 0) is 22.6 Å². The first kappa shape index (κ1) is 20.4. The fourth-order valence-electron chi connectivity index (χ4n) is 3.14. The van der Waals surface area contributed by atoms with Gasteiger partial charge in [-0.1, -0.05) is 0 Å². The summed E-state index contributed by atoms with van der Waals surface area (Å²) in [6.07, 6.45) is 1.46. The zero-order chi connectivity index (χ0) is 22.0. The molecule has 0 saturated carbocycles. The molecule has 1 amide bonds. The second-order valence-corrected chi connectivity index (χ2v) is 7.51. The second kappa shape index (κ2) is 8.44. The number of furan rings is 1. The molecule has 31 heavy (non-hydrogen) atoms. The van der Waals surface area contributed by atoms with E-state index in [0.29, 0.717) is 27.2 Å². The van der Waals surface area contributed by atoms with Gasteiger partial charge in [0.15, 0.2) is 0 Å². The lowest BCUT2D eigenvalue weighted by Crippen LogP contribution is -2.41. The maximum Gasteiger partial charge on any atom is 0.337 e. The van der Waals surface area contributed by atoms with E-state index >= 15 is 0 Å². The van der Waals surface area contributed by atoms with Crippen LogP contribution in [0.3, 0.4) is 0 Å². The Labute approximate surface area is 179 Å². The van der Waals surface area contributed by atoms with Crippen molar-refractivity contribution in [2.24, 2.45) is 0 Å². The Morgan fingerprint density at radius 2 is 1.87 bits per heavy atom. The smallest absolute Gasteiger partial charge is 0.337 e. The van der Waals surface area contributed by atoms with Gasteiger partial charge < -0.3 is 14.5 Å². The van der Waals surface area contributed by atoms with Crippen LogP contribution in [0.1, 0.15) is 16.1 Å². The van der Waals surface area contributed by atoms with Crippen LogP contribution in [0.5, 0.6) is 0 Å². The number of methoxy groups -OCH3 is 1. The number of carbonyl (C=O) groups excluding carboxylic acids is 2. The van der Waals surface area contributed by atoms with Crippen molar-refractivity contribution in [1.82, 2.24) is 9.13 Å². The van der Waals surface area contributed by atoms with Crippen molar-refractivity contribution in [1.29, 1.82) is 0 Å². The highest BCUT2D eigenvalue weighted by atomic mass is 32.1. The van der Waals surface area contributed by atoms with Crippen LogP contribution in [0.4, 0.5) is 5.69 Å². The van der Waals surface area contributed by atoms with Gasteiger partial charge in [0.05, 0.1) is 31.0 Å². The summed E-state index contributed by atoms with van der Waals surface area (Å²) in [4.78, 5) is 49.9. The first-order valence-electron chi connectivity index (χ1n) is 9.19. The van der Waals surface area contributed by atoms with Gasteiger partial charge in [-0.05, 0) is 47.8 Å². The number of aromatic nitrogens is 2. The molecule has 0 unspecified atom stereocenters. The summed E-state index contributed by atoms with van der Waals surface area (Å²) in [7, 11) is 1.28. The molecular weight excluding hydrogens is 422 g/mol. The SMILES string of the molecule is COC(=O)c1ccc(NC(=O)Cn2c(=O)n(Cc3ccco3)c(=O)c3sccc32)cc1. The lowest BCUT2D eigenvalue weighted by atomic mass is 10.2. The number of carbonyl (C=O) groups is 2. The van der Waals surface area contributed by atoms with Gasteiger partial charge in [0, 0.05) is 5.69 Å². The topological polar surface area (TPSA) is 113 Å². The van der Waals surface area contributed by atoms with Gasteiger partial charge in [0.2, 0.25) is 5.91 Å². The minimum absolute atomic E-state index is 0.0326. The van der Waals surface area contributed by atoms with Crippen molar-refractivity contribution in [3.05, 3.63) is 86.3 Å². The average molecular weight is 439 g/mol. The number of thiophene rings is 1. The number of nitrogens with zero attached hydrogens (tertiary/aromatic N) is 2. The molecule has 0 spiro atoms. The van der Waals surface area contributed by atoms with Crippen LogP contribution >= 0.6 is 11.3 Å². The van der Waals surface area contributed by atoms with E-state index in [1.54, 1.807) is 35.7 Å². The number of benzene rings is 1. The number of fused-ring (bicyclic) bond motifs is 1. The average Bonchev–Trinajstić information content (AvgIpc) is 3.46. The number of rotatable bonds is 6. The molecule has 3 heterocycles. The lowest BCUT2D eigenvalue weighted by Gasteiger charge is -2.12. The first-order valence-corrected chi connectivity index (χ1v) is 10.1. The fraction of sp³-hybridized carbons (Fsp3) is 0.143. The van der Waals surface area contributed by atoms with Crippen LogP contribution in [0.25, 0.3) is 10.2 Å². The van der Waals surface area contributed by atoms with Crippen molar-refractivity contribution in [2.75, 3.05) is 12.4 Å². The van der Waals surface area contributed by atoms with E-state index in [9.17, 15) is 19.2 Å². The van der Waals surface area contributed by atoms with E-state index in [-0.39, 0.29) is 13.1 Å². The summed E-state index contributed by atoms with van der Waals surface area (Å²) < 4.78 is 12.6. The van der Waals surface area contributed by atoms with Crippen molar-refractivity contribution in [3.8, 4) is 0 Å². The van der Waals surface area contributed by atoms with Gasteiger partial charge in [-0.25, -0.2) is 9.59 Å². The summed E-state index contributed by atoms with van der Waals surface area (Å²) in [6, 6.07) is 11.1. The number of hydrogen-bond acceptors (Lipinski definition) is 7. The minimum Gasteiger partial charge on any atom is -0.467 e. The van der Waals surface area contributed by atoms with Crippen LogP contribution in [0.2, 0.25) is 0 Å². The number of amides is 1. The third-order valence-electron chi connectivity index (χ3n) is 4.62. The van der Waals surface area contributed by atoms with Gasteiger partial charge in [0.1, 0.15) is 17.0 Å². The van der Waals surface area contributed by atoms with E-state index in [1.165, 1.54) is 41.4 Å². The Morgan fingerprint density at radius 3 is 2.55 bits per heavy atom. The molecule has 10 heteroatoms. The molecule has 1 N–H and O–H groups in total. The number of hydrogen-bond donors (Lipinski definition) is 1. The summed E-state index contributed by atoms with van der Waals surface area (Å²) in [5.41, 5.74) is 0.162. The fourth-order valence-corrected chi connectivity index (χ4v) is 3.98. The molecule has 0 atom stereocenters. The van der Waals surface area contributed by atoms with Gasteiger partial charge >= 0.3 is 11.7 Å². The van der Waals surface area contributed by atoms with Crippen LogP contribution in [0, 0.1) is 0 Å². The molecular formula is C21H17N3O6S. The highest BCUT2D eigenvalue weighted by molar-refractivity contribution is 7.17. The number of anilines is 1. The monoisotopic (exact) mass is 439 g/mol. The molecule has 4 rings (SSSR count). The third-order valence-corrected chi connectivity index (χ3v) is 5.51. The molecule has 0 aliphatic heterocycles. The Kier molecular flexibility index (Phi) is 5.54. The van der Waals surface area contributed by atoms with Crippen LogP contribution < -0.4 is 16.6 Å². The lowest BCUT2D eigenvalue weighted by molar-refractivity contribution is -0.116. The number of esters is 1. The van der Waals surface area contributed by atoms with Gasteiger partial charge in [-0.2, -0.15) is 0 Å². The first-order chi connectivity index (χ1) is 15.0. The highest BCUT2D eigenvalue weighted by Crippen LogP contribution is 2.16. The van der Waals surface area contributed by atoms with Crippen molar-refractivity contribution in [3.63, 3.8) is 0 Å². The molecule has 0 aliphatic rings. The molecule has 9 nitrogen and oxygen atoms in total. The van der Waals surface area contributed by atoms with Gasteiger partial charge in [0.25, 0.3) is 5.56 Å². The van der Waals surface area contributed by atoms with Crippen molar-refractivity contribution >= 4 is 39.1 Å².